The van der Waals surface area contributed by atoms with Crippen LogP contribution >= 0.6 is 0 Å². The van der Waals surface area contributed by atoms with Crippen LogP contribution in [0.2, 0.25) is 0 Å². The topological polar surface area (TPSA) is 156 Å². The zero-order valence-electron chi connectivity index (χ0n) is 20.2. The smallest absolute Gasteiger partial charge is 0.449 e. The molecule has 0 fully saturated rings. The number of furan rings is 1. The molecule has 0 saturated carbocycles. The SMILES string of the molecule is CC(OC(=O)CC(=O)c1cc2c(o1)C(=O)c1ccccc1C2=O)OC(=O)OC[C@@H](C)COC(C)(C)O. The molecule has 1 N–H and O–H groups in total. The molecule has 36 heavy (non-hydrogen) atoms. The van der Waals surface area contributed by atoms with Gasteiger partial charge in [-0.3, -0.25) is 19.2 Å². The van der Waals surface area contributed by atoms with Crippen molar-refractivity contribution in [2.45, 2.75) is 46.2 Å². The summed E-state index contributed by atoms with van der Waals surface area (Å²) in [4.78, 5) is 61.6. The third kappa shape index (κ3) is 6.64. The lowest BCUT2D eigenvalue weighted by Crippen LogP contribution is -2.28. The molecule has 11 nitrogen and oxygen atoms in total. The average molecular weight is 502 g/mol. The molecule has 2 atom stereocenters. The molecule has 3 rings (SSSR count). The van der Waals surface area contributed by atoms with E-state index >= 15 is 0 Å². The highest BCUT2D eigenvalue weighted by Gasteiger charge is 2.35. The highest BCUT2D eigenvalue weighted by Crippen LogP contribution is 2.30. The molecule has 0 radical (unpaired) electrons. The standard InChI is InChI=1S/C25H26O11/c1-13(12-33-25(3,4)31)11-32-24(30)35-14(2)34-20(27)10-18(26)19-9-17-21(28)15-7-5-6-8-16(15)22(29)23(17)36-19/h5-9,13-14,31H,10-12H2,1-4H3/t13-,14?/m1/s1. The number of rotatable bonds is 10. The number of Topliss-reactive ketones (excluding diaryl/α,β-unsaturated/α-hetero) is 1. The largest absolute Gasteiger partial charge is 0.511 e. The lowest BCUT2D eigenvalue weighted by Gasteiger charge is -2.21. The van der Waals surface area contributed by atoms with Gasteiger partial charge >= 0.3 is 12.1 Å². The van der Waals surface area contributed by atoms with Gasteiger partial charge in [0.05, 0.1) is 18.8 Å². The summed E-state index contributed by atoms with van der Waals surface area (Å²) in [6.07, 6.45) is -3.24. The fraction of sp³-hybridized carbons (Fsp3) is 0.400. The summed E-state index contributed by atoms with van der Waals surface area (Å²) in [6, 6.07) is 7.33. The molecule has 0 bridgehead atoms. The minimum Gasteiger partial charge on any atom is -0.449 e. The number of aliphatic hydroxyl groups is 1. The number of hydrogen-bond acceptors (Lipinski definition) is 11. The molecule has 1 aliphatic carbocycles. The van der Waals surface area contributed by atoms with Crippen molar-refractivity contribution in [3.8, 4) is 0 Å². The van der Waals surface area contributed by atoms with Crippen molar-refractivity contribution < 1.29 is 52.4 Å². The number of fused-ring (bicyclic) bond motifs is 2. The van der Waals surface area contributed by atoms with E-state index in [4.69, 9.17) is 23.4 Å². The minimum atomic E-state index is -1.36. The number of benzene rings is 1. The Labute approximate surface area is 206 Å². The number of ketones is 3. The van der Waals surface area contributed by atoms with Crippen LogP contribution in [0.3, 0.4) is 0 Å². The van der Waals surface area contributed by atoms with Gasteiger partial charge in [-0.1, -0.05) is 31.2 Å². The summed E-state index contributed by atoms with van der Waals surface area (Å²) < 4.78 is 25.1. The molecule has 1 unspecified atom stereocenters. The van der Waals surface area contributed by atoms with Gasteiger partial charge in [0.1, 0.15) is 6.42 Å². The van der Waals surface area contributed by atoms with Crippen LogP contribution in [-0.2, 0) is 23.7 Å². The van der Waals surface area contributed by atoms with Gasteiger partial charge in [-0.2, -0.15) is 0 Å². The van der Waals surface area contributed by atoms with Crippen molar-refractivity contribution in [2.24, 2.45) is 5.92 Å². The molecule has 0 amide bonds. The third-order valence-electron chi connectivity index (χ3n) is 4.95. The molecule has 0 saturated heterocycles. The van der Waals surface area contributed by atoms with E-state index in [0.717, 1.165) is 6.07 Å². The first kappa shape index (κ1) is 26.8. The molecule has 1 aromatic carbocycles. The molecule has 1 aromatic heterocycles. The van der Waals surface area contributed by atoms with Crippen LogP contribution in [0.15, 0.2) is 34.7 Å². The van der Waals surface area contributed by atoms with Crippen molar-refractivity contribution in [1.29, 1.82) is 0 Å². The van der Waals surface area contributed by atoms with Gasteiger partial charge in [0.15, 0.2) is 23.1 Å². The van der Waals surface area contributed by atoms with Crippen LogP contribution < -0.4 is 0 Å². The van der Waals surface area contributed by atoms with Crippen LogP contribution in [0.25, 0.3) is 0 Å². The van der Waals surface area contributed by atoms with Gasteiger partial charge in [-0.15, -0.1) is 0 Å². The second kappa shape index (κ2) is 10.8. The molecule has 1 heterocycles. The van der Waals surface area contributed by atoms with Gasteiger partial charge in [-0.05, 0) is 19.9 Å². The second-order valence-corrected chi connectivity index (χ2v) is 8.76. The third-order valence-corrected chi connectivity index (χ3v) is 4.95. The summed E-state index contributed by atoms with van der Waals surface area (Å²) in [5.74, 6) is -5.03. The molecular formula is C25H26O11. The lowest BCUT2D eigenvalue weighted by molar-refractivity contribution is -0.185. The van der Waals surface area contributed by atoms with Crippen LogP contribution in [0.5, 0.6) is 0 Å². The van der Waals surface area contributed by atoms with Crippen LogP contribution in [-0.4, -0.2) is 59.9 Å². The zero-order valence-corrected chi connectivity index (χ0v) is 20.2. The van der Waals surface area contributed by atoms with Crippen molar-refractivity contribution >= 4 is 29.5 Å². The second-order valence-electron chi connectivity index (χ2n) is 8.76. The van der Waals surface area contributed by atoms with E-state index in [-0.39, 0.29) is 47.3 Å². The summed E-state index contributed by atoms with van der Waals surface area (Å²) in [5, 5.41) is 9.52. The fourth-order valence-corrected chi connectivity index (χ4v) is 3.26. The molecule has 192 valence electrons. The van der Waals surface area contributed by atoms with Gasteiger partial charge < -0.3 is 28.5 Å². The minimum absolute atomic E-state index is 0.0583. The number of ether oxygens (including phenoxy) is 4. The molecular weight excluding hydrogens is 476 g/mol. The van der Waals surface area contributed by atoms with Gasteiger partial charge in [0.2, 0.25) is 17.9 Å². The Morgan fingerprint density at radius 1 is 0.972 bits per heavy atom. The van der Waals surface area contributed by atoms with Gasteiger partial charge in [0, 0.05) is 24.0 Å². The van der Waals surface area contributed by atoms with Crippen molar-refractivity contribution in [3.05, 3.63) is 58.5 Å². The van der Waals surface area contributed by atoms with Gasteiger partial charge in [-0.25, -0.2) is 4.79 Å². The van der Waals surface area contributed by atoms with E-state index in [0.29, 0.717) is 0 Å². The predicted octanol–water partition coefficient (Wildman–Crippen LogP) is 3.05. The predicted molar refractivity (Wildman–Crippen MR) is 120 cm³/mol. The van der Waals surface area contributed by atoms with E-state index in [1.807, 2.05) is 0 Å². The number of carbonyl (C=O) groups is 5. The van der Waals surface area contributed by atoms with Gasteiger partial charge in [0.25, 0.3) is 0 Å². The fourth-order valence-electron chi connectivity index (χ4n) is 3.26. The molecule has 0 spiro atoms. The van der Waals surface area contributed by atoms with Crippen LogP contribution in [0.4, 0.5) is 4.79 Å². The summed E-state index contributed by atoms with van der Waals surface area (Å²) in [6.45, 7) is 5.97. The number of esters is 1. The lowest BCUT2D eigenvalue weighted by atomic mass is 9.88. The Kier molecular flexibility index (Phi) is 8.06. The maximum Gasteiger partial charge on any atom is 0.511 e. The summed E-state index contributed by atoms with van der Waals surface area (Å²) in [5.41, 5.74) is 0.308. The zero-order chi connectivity index (χ0) is 26.6. The first-order valence-corrected chi connectivity index (χ1v) is 11.1. The number of carbonyl (C=O) groups excluding carboxylic acids is 5. The maximum atomic E-state index is 12.6. The maximum absolute atomic E-state index is 12.6. The Morgan fingerprint density at radius 3 is 2.25 bits per heavy atom. The molecule has 11 heteroatoms. The monoisotopic (exact) mass is 502 g/mol. The normalized spacial score (nSPS) is 14.4. The van der Waals surface area contributed by atoms with Crippen LogP contribution in [0, 0.1) is 5.92 Å². The van der Waals surface area contributed by atoms with Crippen molar-refractivity contribution in [2.75, 3.05) is 13.2 Å². The van der Waals surface area contributed by atoms with Crippen molar-refractivity contribution in [3.63, 3.8) is 0 Å². The van der Waals surface area contributed by atoms with Crippen LogP contribution in [0.1, 0.15) is 76.7 Å². The summed E-state index contributed by atoms with van der Waals surface area (Å²) >= 11 is 0. The first-order chi connectivity index (χ1) is 16.9. The highest BCUT2D eigenvalue weighted by molar-refractivity contribution is 6.28. The van der Waals surface area contributed by atoms with E-state index in [1.165, 1.54) is 32.9 Å². The quantitative estimate of drug-likeness (QED) is 0.188. The number of hydrogen-bond donors (Lipinski definition) is 1. The Hall–Kier alpha value is -3.83. The summed E-state index contributed by atoms with van der Waals surface area (Å²) in [7, 11) is 0. The Balaban J connectivity index is 1.49. The van der Waals surface area contributed by atoms with E-state index in [9.17, 15) is 29.1 Å². The Morgan fingerprint density at radius 2 is 1.61 bits per heavy atom. The first-order valence-electron chi connectivity index (χ1n) is 11.1. The molecule has 2 aromatic rings. The van der Waals surface area contributed by atoms with E-state index in [2.05, 4.69) is 0 Å². The average Bonchev–Trinajstić information content (AvgIpc) is 3.25. The molecule has 0 aliphatic heterocycles. The Bertz CT molecular complexity index is 1130. The molecule has 1 aliphatic rings. The van der Waals surface area contributed by atoms with Crippen molar-refractivity contribution in [1.82, 2.24) is 0 Å². The van der Waals surface area contributed by atoms with E-state index < -0.39 is 48.0 Å². The van der Waals surface area contributed by atoms with E-state index in [1.54, 1.807) is 19.1 Å². The highest BCUT2D eigenvalue weighted by atomic mass is 16.8.